The Kier molecular flexibility index (Phi) is 10.1. The fourth-order valence-electron chi connectivity index (χ4n) is 4.42. The molecule has 2 fully saturated rings. The molecule has 14 nitrogen and oxygen atoms in total. The summed E-state index contributed by atoms with van der Waals surface area (Å²) < 4.78 is 52.5. The van der Waals surface area contributed by atoms with E-state index in [1.54, 1.807) is 32.1 Å². The van der Waals surface area contributed by atoms with Crippen LogP contribution < -0.4 is 10.8 Å². The van der Waals surface area contributed by atoms with Gasteiger partial charge in [0, 0.05) is 32.5 Å². The minimum atomic E-state index is -3.60. The quantitative estimate of drug-likeness (QED) is 0.343. The lowest BCUT2D eigenvalue weighted by Crippen LogP contribution is -2.47. The van der Waals surface area contributed by atoms with Gasteiger partial charge in [-0.15, -0.1) is 5.10 Å². The molecule has 2 saturated heterocycles. The highest BCUT2D eigenvalue weighted by Crippen LogP contribution is 2.50. The summed E-state index contributed by atoms with van der Waals surface area (Å²) in [6.07, 6.45) is 3.15. The first-order valence-corrected chi connectivity index (χ1v) is 15.3. The molecule has 0 spiro atoms. The third-order valence-electron chi connectivity index (χ3n) is 6.05. The first-order valence-electron chi connectivity index (χ1n) is 12.6. The van der Waals surface area contributed by atoms with Gasteiger partial charge in [-0.05, 0) is 20.3 Å². The second-order valence-electron chi connectivity index (χ2n) is 8.65. The lowest BCUT2D eigenvalue weighted by molar-refractivity contribution is -0.118. The summed E-state index contributed by atoms with van der Waals surface area (Å²) >= 11 is 0. The zero-order valence-electron chi connectivity index (χ0n) is 22.1. The maximum absolute atomic E-state index is 13.2. The summed E-state index contributed by atoms with van der Waals surface area (Å²) in [7, 11) is -3.34. The molecule has 3 aliphatic heterocycles. The molecule has 5 atom stereocenters. The van der Waals surface area contributed by atoms with E-state index >= 15 is 0 Å². The standard InChI is InChI=1S/C22H36N6O8P2/c1-6-10-27-12-13-32-37(27)36-20-17(14-26-15-19(24-25-26)38(30,33-7-2)34-8-3)35-22(21(20)31-5)28-11-9-18(29)23-16(28)4/h9,11,15,17,20-22H,4,6-8,10,12-14H2,1-3,5H3,(H,23,29). The van der Waals surface area contributed by atoms with Crippen LogP contribution in [0.5, 0.6) is 0 Å². The smallest absolute Gasteiger partial charge is 0.374 e. The maximum atomic E-state index is 13.2. The van der Waals surface area contributed by atoms with Crippen molar-refractivity contribution < 1.29 is 36.9 Å². The zero-order chi connectivity index (χ0) is 27.3. The van der Waals surface area contributed by atoms with Crippen molar-refractivity contribution in [1.82, 2.24) is 29.9 Å². The number of ether oxygens (including phenoxy) is 2. The summed E-state index contributed by atoms with van der Waals surface area (Å²) in [6, 6.07) is 0. The number of carbonyl (C=O) groups is 1. The largest absolute Gasteiger partial charge is 0.383 e. The van der Waals surface area contributed by atoms with Crippen molar-refractivity contribution in [3.05, 3.63) is 30.9 Å². The van der Waals surface area contributed by atoms with Crippen LogP contribution in [0.3, 0.4) is 0 Å². The number of nitrogens with zero attached hydrogens (tertiary/aromatic N) is 5. The first-order chi connectivity index (χ1) is 18.3. The van der Waals surface area contributed by atoms with Gasteiger partial charge in [-0.3, -0.25) is 9.36 Å². The van der Waals surface area contributed by atoms with Crippen molar-refractivity contribution in [3.63, 3.8) is 0 Å². The van der Waals surface area contributed by atoms with Gasteiger partial charge < -0.3 is 37.8 Å². The van der Waals surface area contributed by atoms with Gasteiger partial charge in [-0.1, -0.05) is 18.7 Å². The van der Waals surface area contributed by atoms with Crippen LogP contribution in [-0.2, 0) is 43.5 Å². The van der Waals surface area contributed by atoms with Crippen molar-refractivity contribution in [1.29, 1.82) is 0 Å². The van der Waals surface area contributed by atoms with E-state index in [4.69, 9.17) is 27.6 Å². The molecule has 1 aromatic rings. The molecule has 0 bridgehead atoms. The number of hydrogen-bond acceptors (Lipinski definition) is 12. The molecule has 0 aliphatic carbocycles. The number of hydrogen-bond donors (Lipinski definition) is 1. The summed E-state index contributed by atoms with van der Waals surface area (Å²) in [4.78, 5) is 13.5. The molecule has 38 heavy (non-hydrogen) atoms. The third-order valence-corrected chi connectivity index (χ3v) is 9.70. The van der Waals surface area contributed by atoms with Crippen LogP contribution in [0.1, 0.15) is 27.2 Å². The highest BCUT2D eigenvalue weighted by atomic mass is 31.2. The fraction of sp³-hybridized carbons (Fsp3) is 0.682. The molecule has 3 aliphatic rings. The molecular formula is C22H36N6O8P2. The Balaban J connectivity index is 1.59. The van der Waals surface area contributed by atoms with E-state index in [2.05, 4.69) is 33.8 Å². The number of carbonyl (C=O) groups excluding carboxylic acids is 1. The average molecular weight is 575 g/mol. The SMILES string of the molecule is C=C1NC(=O)C=CN1C1OC(Cn2cc(P(=O)(OCC)OCC)nn2)C(OP2OCCN2CCC)C1OC. The molecule has 16 heteroatoms. The van der Waals surface area contributed by atoms with E-state index in [-0.39, 0.29) is 31.1 Å². The Hall–Kier alpha value is -1.73. The topological polar surface area (TPSA) is 139 Å². The van der Waals surface area contributed by atoms with Gasteiger partial charge in [0.25, 0.3) is 14.4 Å². The van der Waals surface area contributed by atoms with Crippen LogP contribution in [-0.4, -0.2) is 95.0 Å². The highest BCUT2D eigenvalue weighted by Gasteiger charge is 2.51. The molecule has 0 saturated carbocycles. The first kappa shape index (κ1) is 29.3. The molecule has 212 valence electrons. The molecule has 1 amide bonds. The minimum absolute atomic E-state index is 0.115. The molecule has 0 aromatic carbocycles. The Morgan fingerprint density at radius 3 is 2.68 bits per heavy atom. The summed E-state index contributed by atoms with van der Waals surface area (Å²) in [6.45, 7) is 12.3. The lowest BCUT2D eigenvalue weighted by atomic mass is 10.1. The van der Waals surface area contributed by atoms with E-state index in [0.29, 0.717) is 12.4 Å². The number of aromatic nitrogens is 3. The van der Waals surface area contributed by atoms with E-state index in [9.17, 15) is 9.36 Å². The number of rotatable bonds is 13. The van der Waals surface area contributed by atoms with E-state index in [1.165, 1.54) is 17.0 Å². The molecule has 1 aromatic heterocycles. The van der Waals surface area contributed by atoms with Crippen molar-refractivity contribution in [3.8, 4) is 0 Å². The van der Waals surface area contributed by atoms with Gasteiger partial charge in [-0.2, -0.15) is 0 Å². The van der Waals surface area contributed by atoms with Crippen molar-refractivity contribution >= 4 is 27.5 Å². The molecular weight excluding hydrogens is 538 g/mol. The molecule has 1 N–H and O–H groups in total. The molecule has 4 rings (SSSR count). The van der Waals surface area contributed by atoms with Crippen LogP contribution in [0.25, 0.3) is 0 Å². The van der Waals surface area contributed by atoms with Gasteiger partial charge >= 0.3 is 7.60 Å². The van der Waals surface area contributed by atoms with Gasteiger partial charge in [0.15, 0.2) is 11.7 Å². The second-order valence-corrected chi connectivity index (χ2v) is 12.1. The second kappa shape index (κ2) is 13.1. The van der Waals surface area contributed by atoms with E-state index in [1.807, 2.05) is 0 Å². The Labute approximate surface area is 223 Å². The molecule has 4 heterocycles. The van der Waals surface area contributed by atoms with E-state index in [0.717, 1.165) is 19.5 Å². The Morgan fingerprint density at radius 1 is 1.26 bits per heavy atom. The number of nitrogens with one attached hydrogen (secondary N) is 1. The normalized spacial score (nSPS) is 28.4. The van der Waals surface area contributed by atoms with Gasteiger partial charge in [0.05, 0.1) is 32.6 Å². The summed E-state index contributed by atoms with van der Waals surface area (Å²) in [5.74, 6) is 0.0838. The lowest BCUT2D eigenvalue weighted by Gasteiger charge is -2.34. The maximum Gasteiger partial charge on any atom is 0.383 e. The van der Waals surface area contributed by atoms with Gasteiger partial charge in [-0.25, -0.2) is 9.35 Å². The predicted molar refractivity (Wildman–Crippen MR) is 138 cm³/mol. The monoisotopic (exact) mass is 574 g/mol. The fourth-order valence-corrected chi connectivity index (χ4v) is 7.53. The molecule has 0 radical (unpaired) electrons. The zero-order valence-corrected chi connectivity index (χ0v) is 23.9. The minimum Gasteiger partial charge on any atom is -0.374 e. The highest BCUT2D eigenvalue weighted by molar-refractivity contribution is 7.61. The van der Waals surface area contributed by atoms with Crippen LogP contribution >= 0.6 is 16.1 Å². The van der Waals surface area contributed by atoms with Crippen LogP contribution in [0.4, 0.5) is 0 Å². The number of amides is 1. The molecule has 5 unspecified atom stereocenters. The summed E-state index contributed by atoms with van der Waals surface area (Å²) in [5.41, 5.74) is 0.115. The van der Waals surface area contributed by atoms with Gasteiger partial charge in [0.2, 0.25) is 0 Å². The van der Waals surface area contributed by atoms with Gasteiger partial charge in [0.1, 0.15) is 24.1 Å². The van der Waals surface area contributed by atoms with E-state index < -0.39 is 40.7 Å². The summed E-state index contributed by atoms with van der Waals surface area (Å²) in [5, 5.41) is 10.9. The van der Waals surface area contributed by atoms with Crippen molar-refractivity contribution in [2.75, 3.05) is 40.0 Å². The predicted octanol–water partition coefficient (Wildman–Crippen LogP) is 1.68. The average Bonchev–Trinajstić information content (AvgIpc) is 3.60. The number of methoxy groups -OCH3 is 1. The van der Waals surface area contributed by atoms with Crippen LogP contribution in [0.15, 0.2) is 30.9 Å². The Bertz CT molecular complexity index is 1050. The third kappa shape index (κ3) is 6.35. The van der Waals surface area contributed by atoms with Crippen LogP contribution in [0, 0.1) is 0 Å². The van der Waals surface area contributed by atoms with Crippen molar-refractivity contribution in [2.45, 2.75) is 58.3 Å². The van der Waals surface area contributed by atoms with Crippen molar-refractivity contribution in [2.24, 2.45) is 0 Å². The van der Waals surface area contributed by atoms with Crippen LogP contribution in [0.2, 0.25) is 0 Å². The Morgan fingerprint density at radius 2 is 2.03 bits per heavy atom.